The van der Waals surface area contributed by atoms with E-state index in [1.807, 2.05) is 11.8 Å². The minimum Gasteiger partial charge on any atom is -0.382 e. The number of carbonyl (C=O) groups is 2. The van der Waals surface area contributed by atoms with Crippen LogP contribution in [0.2, 0.25) is 5.02 Å². The van der Waals surface area contributed by atoms with Gasteiger partial charge in [0.1, 0.15) is 6.54 Å². The van der Waals surface area contributed by atoms with Crippen LogP contribution in [0.3, 0.4) is 0 Å². The van der Waals surface area contributed by atoms with Gasteiger partial charge in [0.15, 0.2) is 0 Å². The normalized spacial score (nSPS) is 15.1. The Morgan fingerprint density at radius 2 is 1.97 bits per heavy atom. The first-order valence-electron chi connectivity index (χ1n) is 12.0. The smallest absolute Gasteiger partial charge is 0.254 e. The van der Waals surface area contributed by atoms with Gasteiger partial charge in [-0.3, -0.25) is 9.59 Å². The quantitative estimate of drug-likeness (QED) is 0.344. The molecule has 0 radical (unpaired) electrons. The second-order valence-electron chi connectivity index (χ2n) is 8.74. The van der Waals surface area contributed by atoms with Crippen molar-refractivity contribution in [3.8, 4) is 0 Å². The first-order valence-corrected chi connectivity index (χ1v) is 13.3. The summed E-state index contributed by atoms with van der Waals surface area (Å²) in [6.45, 7) is 6.24. The van der Waals surface area contributed by atoms with Crippen LogP contribution < -0.4 is 0 Å². The number of carbonyl (C=O) groups excluding carboxylic acids is 2. The Hall–Kier alpha value is -2.67. The van der Waals surface area contributed by atoms with Crippen molar-refractivity contribution in [2.24, 2.45) is 0 Å². The summed E-state index contributed by atoms with van der Waals surface area (Å²) in [5.74, 6) is -0.253. The van der Waals surface area contributed by atoms with E-state index < -0.39 is 0 Å². The highest BCUT2D eigenvalue weighted by molar-refractivity contribution is 7.10. The van der Waals surface area contributed by atoms with E-state index in [9.17, 15) is 9.59 Å². The topological polar surface area (TPSA) is 49.9 Å². The number of thiophene rings is 1. The Morgan fingerprint density at radius 1 is 1.17 bits per heavy atom. The van der Waals surface area contributed by atoms with Crippen LogP contribution >= 0.6 is 22.9 Å². The number of benzene rings is 2. The summed E-state index contributed by atoms with van der Waals surface area (Å²) in [4.78, 5) is 32.0. The van der Waals surface area contributed by atoms with Gasteiger partial charge < -0.3 is 14.5 Å². The highest BCUT2D eigenvalue weighted by Crippen LogP contribution is 2.38. The lowest BCUT2D eigenvalue weighted by Crippen LogP contribution is -2.47. The van der Waals surface area contributed by atoms with Crippen LogP contribution in [-0.4, -0.2) is 54.5 Å². The van der Waals surface area contributed by atoms with Crippen LogP contribution in [0.1, 0.15) is 51.3 Å². The van der Waals surface area contributed by atoms with E-state index in [0.717, 1.165) is 12.0 Å². The molecule has 35 heavy (non-hydrogen) atoms. The van der Waals surface area contributed by atoms with E-state index in [0.29, 0.717) is 43.3 Å². The zero-order chi connectivity index (χ0) is 24.8. The Balaban J connectivity index is 1.58. The van der Waals surface area contributed by atoms with Gasteiger partial charge >= 0.3 is 0 Å². The number of ether oxygens (including phenoxy) is 1. The molecule has 0 spiro atoms. The van der Waals surface area contributed by atoms with E-state index in [1.165, 1.54) is 16.0 Å². The van der Waals surface area contributed by atoms with Crippen LogP contribution in [-0.2, 0) is 16.0 Å². The van der Waals surface area contributed by atoms with E-state index in [4.69, 9.17) is 16.3 Å². The summed E-state index contributed by atoms with van der Waals surface area (Å²) < 4.78 is 5.47. The SMILES string of the molecule is CCOCCCN(CC(=O)N1CCc2sccc2C1c1ccc(C)cc1)C(=O)c1cccc(Cl)c1. The number of hydrogen-bond acceptors (Lipinski definition) is 4. The Morgan fingerprint density at radius 3 is 2.71 bits per heavy atom. The zero-order valence-electron chi connectivity index (χ0n) is 20.2. The van der Waals surface area contributed by atoms with Gasteiger partial charge in [0, 0.05) is 41.8 Å². The molecule has 2 amide bonds. The van der Waals surface area contributed by atoms with Crippen molar-refractivity contribution in [1.82, 2.24) is 9.80 Å². The lowest BCUT2D eigenvalue weighted by molar-refractivity contribution is -0.134. The standard InChI is InChI=1S/C28H31ClN2O3S/c1-3-34-16-5-14-30(28(33)22-6-4-7-23(29)18-22)19-26(32)31-15-12-25-24(13-17-35-25)27(31)21-10-8-20(2)9-11-21/h4,6-11,13,17-18,27H,3,5,12,14-16,19H2,1-2H3. The average molecular weight is 511 g/mol. The van der Waals surface area contributed by atoms with Gasteiger partial charge in [-0.25, -0.2) is 0 Å². The maximum absolute atomic E-state index is 13.8. The van der Waals surface area contributed by atoms with E-state index in [1.54, 1.807) is 40.5 Å². The molecule has 1 aromatic heterocycles. The molecule has 0 saturated carbocycles. The van der Waals surface area contributed by atoms with E-state index in [-0.39, 0.29) is 24.4 Å². The number of fused-ring (bicyclic) bond motifs is 1. The summed E-state index contributed by atoms with van der Waals surface area (Å²) in [6, 6.07) is 17.2. The summed E-state index contributed by atoms with van der Waals surface area (Å²) in [7, 11) is 0. The molecule has 0 bridgehead atoms. The number of hydrogen-bond donors (Lipinski definition) is 0. The zero-order valence-corrected chi connectivity index (χ0v) is 21.8. The molecular weight excluding hydrogens is 480 g/mol. The molecule has 0 N–H and O–H groups in total. The van der Waals surface area contributed by atoms with Crippen molar-refractivity contribution in [2.45, 2.75) is 32.7 Å². The number of rotatable bonds is 9. The molecule has 7 heteroatoms. The fourth-order valence-corrected chi connectivity index (χ4v) is 5.60. The molecule has 4 rings (SSSR count). The molecule has 0 aliphatic carbocycles. The number of nitrogens with zero attached hydrogens (tertiary/aromatic N) is 2. The molecule has 1 aliphatic heterocycles. The third-order valence-electron chi connectivity index (χ3n) is 6.29. The lowest BCUT2D eigenvalue weighted by atomic mass is 9.92. The molecule has 0 saturated heterocycles. The van der Waals surface area contributed by atoms with Crippen molar-refractivity contribution < 1.29 is 14.3 Å². The molecule has 0 fully saturated rings. The number of amides is 2. The van der Waals surface area contributed by atoms with Crippen molar-refractivity contribution >= 4 is 34.8 Å². The van der Waals surface area contributed by atoms with Gasteiger partial charge in [-0.2, -0.15) is 0 Å². The average Bonchev–Trinajstić information content (AvgIpc) is 3.34. The Labute approximate surface area is 216 Å². The molecule has 1 atom stereocenters. The third kappa shape index (κ3) is 6.13. The van der Waals surface area contributed by atoms with Gasteiger partial charge in [-0.1, -0.05) is 47.5 Å². The van der Waals surface area contributed by atoms with Crippen molar-refractivity contribution in [1.29, 1.82) is 0 Å². The monoisotopic (exact) mass is 510 g/mol. The van der Waals surface area contributed by atoms with Crippen LogP contribution in [0.5, 0.6) is 0 Å². The fraction of sp³-hybridized carbons (Fsp3) is 0.357. The number of aryl methyl sites for hydroxylation is 1. The predicted molar refractivity (Wildman–Crippen MR) is 141 cm³/mol. The maximum atomic E-state index is 13.8. The van der Waals surface area contributed by atoms with Crippen LogP contribution in [0.25, 0.3) is 0 Å². The molecule has 2 aromatic carbocycles. The van der Waals surface area contributed by atoms with E-state index >= 15 is 0 Å². The molecule has 1 aliphatic rings. The second-order valence-corrected chi connectivity index (χ2v) is 10.2. The first kappa shape index (κ1) is 25.4. The van der Waals surface area contributed by atoms with Crippen molar-refractivity contribution in [3.05, 3.63) is 92.1 Å². The first-order chi connectivity index (χ1) is 17.0. The largest absolute Gasteiger partial charge is 0.382 e. The second kappa shape index (κ2) is 11.8. The molecular formula is C28H31ClN2O3S. The molecule has 5 nitrogen and oxygen atoms in total. The fourth-order valence-electron chi connectivity index (χ4n) is 4.51. The highest BCUT2D eigenvalue weighted by atomic mass is 35.5. The van der Waals surface area contributed by atoms with Gasteiger partial charge in [0.25, 0.3) is 5.91 Å². The number of halogens is 1. The molecule has 3 aromatic rings. The van der Waals surface area contributed by atoms with Gasteiger partial charge in [0.05, 0.1) is 6.04 Å². The Kier molecular flexibility index (Phi) is 8.60. The molecule has 184 valence electrons. The predicted octanol–water partition coefficient (Wildman–Crippen LogP) is 5.75. The minimum absolute atomic E-state index is 0.0132. The van der Waals surface area contributed by atoms with Gasteiger partial charge in [-0.15, -0.1) is 11.3 Å². The maximum Gasteiger partial charge on any atom is 0.254 e. The van der Waals surface area contributed by atoms with Crippen molar-refractivity contribution in [2.75, 3.05) is 32.8 Å². The third-order valence-corrected chi connectivity index (χ3v) is 7.52. The summed E-state index contributed by atoms with van der Waals surface area (Å²) >= 11 is 7.88. The highest BCUT2D eigenvalue weighted by Gasteiger charge is 2.34. The Bertz CT molecular complexity index is 1160. The van der Waals surface area contributed by atoms with Gasteiger partial charge in [0.2, 0.25) is 5.91 Å². The van der Waals surface area contributed by atoms with Gasteiger partial charge in [-0.05, 0) is 67.5 Å². The van der Waals surface area contributed by atoms with Crippen LogP contribution in [0.15, 0.2) is 60.0 Å². The minimum atomic E-state index is -0.197. The molecule has 2 heterocycles. The summed E-state index contributed by atoms with van der Waals surface area (Å²) in [5, 5.41) is 2.60. The van der Waals surface area contributed by atoms with Crippen LogP contribution in [0.4, 0.5) is 0 Å². The van der Waals surface area contributed by atoms with E-state index in [2.05, 4.69) is 42.6 Å². The van der Waals surface area contributed by atoms with Crippen LogP contribution in [0, 0.1) is 6.92 Å². The molecule has 1 unspecified atom stereocenters. The summed E-state index contributed by atoms with van der Waals surface area (Å²) in [6.07, 6.45) is 1.48. The van der Waals surface area contributed by atoms with Crippen molar-refractivity contribution in [3.63, 3.8) is 0 Å². The lowest BCUT2D eigenvalue weighted by Gasteiger charge is -2.37. The summed E-state index contributed by atoms with van der Waals surface area (Å²) in [5.41, 5.74) is 3.94.